The number of hydrogen-bond acceptors (Lipinski definition) is 4. The second-order valence-electron chi connectivity index (χ2n) is 8.00. The van der Waals surface area contributed by atoms with E-state index in [1.807, 2.05) is 36.1 Å². The summed E-state index contributed by atoms with van der Waals surface area (Å²) in [5.74, 6) is -0.336. The molecular weight excluding hydrogens is 391 g/mol. The summed E-state index contributed by atoms with van der Waals surface area (Å²) in [6, 6.07) is 16.7. The van der Waals surface area contributed by atoms with E-state index in [0.29, 0.717) is 26.1 Å². The molecule has 2 heterocycles. The van der Waals surface area contributed by atoms with Crippen molar-refractivity contribution in [1.82, 2.24) is 9.88 Å². The summed E-state index contributed by atoms with van der Waals surface area (Å²) in [4.78, 5) is 21.3. The molecule has 5 nitrogen and oxygen atoms in total. The van der Waals surface area contributed by atoms with E-state index in [2.05, 4.69) is 22.0 Å². The van der Waals surface area contributed by atoms with Gasteiger partial charge in [-0.05, 0) is 55.7 Å². The molecule has 1 aromatic heterocycles. The zero-order valence-electron chi connectivity index (χ0n) is 17.6. The van der Waals surface area contributed by atoms with Crippen LogP contribution in [-0.2, 0) is 11.2 Å². The van der Waals surface area contributed by atoms with Crippen LogP contribution in [0.1, 0.15) is 30.9 Å². The molecular formula is C25H25FN4O. The van der Waals surface area contributed by atoms with Gasteiger partial charge < -0.3 is 9.80 Å². The monoisotopic (exact) mass is 416 g/mol. The summed E-state index contributed by atoms with van der Waals surface area (Å²) in [6.07, 6.45) is 3.94. The molecule has 1 aliphatic rings. The van der Waals surface area contributed by atoms with Crippen LogP contribution in [0.2, 0.25) is 0 Å². The number of halogens is 1. The summed E-state index contributed by atoms with van der Waals surface area (Å²) in [5, 5.41) is 10.2. The number of carbonyl (C=O) groups excluding carboxylic acids is 1. The van der Waals surface area contributed by atoms with Crippen molar-refractivity contribution in [3.8, 4) is 6.07 Å². The lowest BCUT2D eigenvalue weighted by molar-refractivity contribution is -0.133. The van der Waals surface area contributed by atoms with Crippen molar-refractivity contribution in [3.63, 3.8) is 0 Å². The molecule has 0 N–H and O–H groups in total. The van der Waals surface area contributed by atoms with E-state index in [0.717, 1.165) is 29.4 Å². The Balaban J connectivity index is 1.33. The zero-order valence-corrected chi connectivity index (χ0v) is 17.6. The van der Waals surface area contributed by atoms with E-state index in [-0.39, 0.29) is 17.5 Å². The number of aromatic nitrogens is 1. The zero-order chi connectivity index (χ0) is 21.8. The molecule has 1 atom stereocenters. The number of nitriles is 1. The Morgan fingerprint density at radius 3 is 2.90 bits per heavy atom. The first-order valence-corrected chi connectivity index (χ1v) is 10.6. The maximum absolute atomic E-state index is 13.6. The fourth-order valence-electron chi connectivity index (χ4n) is 4.32. The van der Waals surface area contributed by atoms with Gasteiger partial charge in [0.05, 0.1) is 11.1 Å². The molecule has 0 bridgehead atoms. The molecule has 0 spiro atoms. The quantitative estimate of drug-likeness (QED) is 0.622. The Kier molecular flexibility index (Phi) is 6.13. The number of fused-ring (bicyclic) bond motifs is 1. The molecule has 4 rings (SSSR count). The number of benzene rings is 2. The second kappa shape index (κ2) is 9.13. The Bertz CT molecular complexity index is 1130. The number of hydrogen-bond donors (Lipinski definition) is 0. The lowest BCUT2D eigenvalue weighted by Gasteiger charge is -2.41. The first kappa shape index (κ1) is 20.8. The maximum Gasteiger partial charge on any atom is 0.222 e. The molecule has 1 fully saturated rings. The van der Waals surface area contributed by atoms with Crippen molar-refractivity contribution in [2.45, 2.75) is 32.2 Å². The van der Waals surface area contributed by atoms with E-state index in [1.54, 1.807) is 18.3 Å². The highest BCUT2D eigenvalue weighted by Gasteiger charge is 2.27. The van der Waals surface area contributed by atoms with E-state index in [9.17, 15) is 9.18 Å². The van der Waals surface area contributed by atoms with Gasteiger partial charge in [0.15, 0.2) is 0 Å². The fraction of sp³-hybridized carbons (Fsp3) is 0.320. The fourth-order valence-corrected chi connectivity index (χ4v) is 4.32. The maximum atomic E-state index is 13.6. The van der Waals surface area contributed by atoms with Crippen LogP contribution >= 0.6 is 0 Å². The number of pyridine rings is 1. The van der Waals surface area contributed by atoms with Crippen LogP contribution < -0.4 is 4.90 Å². The van der Waals surface area contributed by atoms with Gasteiger partial charge in [0.1, 0.15) is 11.9 Å². The van der Waals surface area contributed by atoms with Crippen LogP contribution in [0.25, 0.3) is 10.9 Å². The van der Waals surface area contributed by atoms with Crippen LogP contribution in [0, 0.1) is 17.1 Å². The van der Waals surface area contributed by atoms with Gasteiger partial charge in [0.2, 0.25) is 5.91 Å². The number of aryl methyl sites for hydroxylation is 1. The Labute approximate surface area is 181 Å². The van der Waals surface area contributed by atoms with Gasteiger partial charge in [-0.25, -0.2) is 4.39 Å². The van der Waals surface area contributed by atoms with Gasteiger partial charge in [-0.1, -0.05) is 18.2 Å². The molecule has 0 saturated carbocycles. The predicted octanol–water partition coefficient (Wildman–Crippen LogP) is 4.31. The lowest BCUT2D eigenvalue weighted by Crippen LogP contribution is -2.54. The van der Waals surface area contributed by atoms with Gasteiger partial charge >= 0.3 is 0 Å². The minimum atomic E-state index is -0.505. The third kappa shape index (κ3) is 4.51. The molecule has 1 amide bonds. The topological polar surface area (TPSA) is 60.2 Å². The minimum Gasteiger partial charge on any atom is -0.368 e. The van der Waals surface area contributed by atoms with Crippen molar-refractivity contribution in [1.29, 1.82) is 5.26 Å². The standard InChI is InChI=1S/C25H25FN4O/c1-18-17-29(21-10-11-23(26)20(15-21)16-27)13-14-30(18)25(31)9-3-6-19-5-2-8-24-22(19)7-4-12-28-24/h2,4-5,7-8,10-12,15,18H,3,6,9,13-14,17H2,1H3/t18-/m1/s1. The minimum absolute atomic E-state index is 0.0484. The van der Waals surface area contributed by atoms with Crippen LogP contribution in [0.5, 0.6) is 0 Å². The van der Waals surface area contributed by atoms with Gasteiger partial charge in [0, 0.05) is 49.4 Å². The molecule has 6 heteroatoms. The summed E-state index contributed by atoms with van der Waals surface area (Å²) in [7, 11) is 0. The summed E-state index contributed by atoms with van der Waals surface area (Å²) in [6.45, 7) is 3.99. The van der Waals surface area contributed by atoms with E-state index < -0.39 is 5.82 Å². The van der Waals surface area contributed by atoms with E-state index in [4.69, 9.17) is 5.26 Å². The van der Waals surface area contributed by atoms with Crippen molar-refractivity contribution in [2.75, 3.05) is 24.5 Å². The SMILES string of the molecule is C[C@@H]1CN(c2ccc(F)c(C#N)c2)CCN1C(=O)CCCc1cccc2ncccc12. The third-order valence-corrected chi connectivity index (χ3v) is 5.96. The van der Waals surface area contributed by atoms with Crippen LogP contribution in [0.4, 0.5) is 10.1 Å². The van der Waals surface area contributed by atoms with Crippen LogP contribution in [0.15, 0.2) is 54.7 Å². The number of carbonyl (C=O) groups is 1. The second-order valence-corrected chi connectivity index (χ2v) is 8.00. The summed E-state index contributed by atoms with van der Waals surface area (Å²) < 4.78 is 13.6. The predicted molar refractivity (Wildman–Crippen MR) is 119 cm³/mol. The highest BCUT2D eigenvalue weighted by molar-refractivity contribution is 5.82. The Morgan fingerprint density at radius 2 is 2.10 bits per heavy atom. The highest BCUT2D eigenvalue weighted by atomic mass is 19.1. The summed E-state index contributed by atoms with van der Waals surface area (Å²) in [5.41, 5.74) is 3.08. The number of amides is 1. The number of rotatable bonds is 5. The summed E-state index contributed by atoms with van der Waals surface area (Å²) >= 11 is 0. The number of nitrogens with zero attached hydrogens (tertiary/aromatic N) is 4. The Morgan fingerprint density at radius 1 is 1.23 bits per heavy atom. The van der Waals surface area contributed by atoms with Crippen LogP contribution in [-0.4, -0.2) is 41.5 Å². The van der Waals surface area contributed by atoms with Gasteiger partial charge in [-0.15, -0.1) is 0 Å². The molecule has 1 saturated heterocycles. The first-order valence-electron chi connectivity index (χ1n) is 10.6. The Hall–Kier alpha value is -3.46. The molecule has 1 aliphatic heterocycles. The number of anilines is 1. The van der Waals surface area contributed by atoms with Gasteiger partial charge in [-0.2, -0.15) is 5.26 Å². The smallest absolute Gasteiger partial charge is 0.222 e. The molecule has 3 aromatic rings. The van der Waals surface area contributed by atoms with Gasteiger partial charge in [0.25, 0.3) is 0 Å². The first-order chi connectivity index (χ1) is 15.1. The lowest BCUT2D eigenvalue weighted by atomic mass is 10.0. The van der Waals surface area contributed by atoms with Crippen molar-refractivity contribution in [3.05, 3.63) is 71.7 Å². The molecule has 31 heavy (non-hydrogen) atoms. The molecule has 0 radical (unpaired) electrons. The van der Waals surface area contributed by atoms with E-state index >= 15 is 0 Å². The normalized spacial score (nSPS) is 16.4. The van der Waals surface area contributed by atoms with Gasteiger partial charge in [-0.3, -0.25) is 9.78 Å². The molecule has 2 aromatic carbocycles. The average molecular weight is 417 g/mol. The highest BCUT2D eigenvalue weighted by Crippen LogP contribution is 2.23. The molecule has 158 valence electrons. The van der Waals surface area contributed by atoms with Crippen molar-refractivity contribution >= 4 is 22.5 Å². The van der Waals surface area contributed by atoms with Crippen LogP contribution in [0.3, 0.4) is 0 Å². The number of piperazine rings is 1. The average Bonchev–Trinajstić information content (AvgIpc) is 2.79. The van der Waals surface area contributed by atoms with E-state index in [1.165, 1.54) is 11.6 Å². The third-order valence-electron chi connectivity index (χ3n) is 5.96. The molecule has 0 unspecified atom stereocenters. The van der Waals surface area contributed by atoms with Crippen molar-refractivity contribution < 1.29 is 9.18 Å². The largest absolute Gasteiger partial charge is 0.368 e. The molecule has 0 aliphatic carbocycles. The van der Waals surface area contributed by atoms with Crippen molar-refractivity contribution in [2.24, 2.45) is 0 Å².